The Balaban J connectivity index is 1.90. The average Bonchev–Trinajstić information content (AvgIpc) is 2.93. The summed E-state index contributed by atoms with van der Waals surface area (Å²) in [5, 5.41) is 4.92. The third-order valence-corrected chi connectivity index (χ3v) is 4.13. The molecular formula is C17H23NO2. The van der Waals surface area contributed by atoms with Gasteiger partial charge in [0.2, 0.25) is 0 Å². The summed E-state index contributed by atoms with van der Waals surface area (Å²) in [5.41, 5.74) is 2.26. The largest absolute Gasteiger partial charge is 0.464 e. The first-order chi connectivity index (χ1) is 9.90. The van der Waals surface area contributed by atoms with Gasteiger partial charge in [0.15, 0.2) is 0 Å². The summed E-state index contributed by atoms with van der Waals surface area (Å²) >= 11 is 0. The first-order valence-corrected chi connectivity index (χ1v) is 7.67. The van der Waals surface area contributed by atoms with Gasteiger partial charge in [0, 0.05) is 29.5 Å². The fourth-order valence-electron chi connectivity index (χ4n) is 3.10. The SMILES string of the molecule is CCCNC(c1coc2ccccc12)C1CCCOC1. The van der Waals surface area contributed by atoms with Crippen LogP contribution in [-0.4, -0.2) is 19.8 Å². The highest BCUT2D eigenvalue weighted by atomic mass is 16.5. The van der Waals surface area contributed by atoms with E-state index in [1.165, 1.54) is 17.4 Å². The minimum absolute atomic E-state index is 0.332. The monoisotopic (exact) mass is 273 g/mol. The van der Waals surface area contributed by atoms with Crippen LogP contribution in [0.25, 0.3) is 11.0 Å². The molecule has 108 valence electrons. The predicted octanol–water partition coefficient (Wildman–Crippen LogP) is 3.90. The summed E-state index contributed by atoms with van der Waals surface area (Å²) in [6.45, 7) is 4.99. The second-order valence-electron chi connectivity index (χ2n) is 5.60. The Morgan fingerprint density at radius 3 is 3.05 bits per heavy atom. The molecule has 2 unspecified atom stereocenters. The average molecular weight is 273 g/mol. The highest BCUT2D eigenvalue weighted by molar-refractivity contribution is 5.81. The van der Waals surface area contributed by atoms with Crippen molar-refractivity contribution in [2.75, 3.05) is 19.8 Å². The highest BCUT2D eigenvalue weighted by Gasteiger charge is 2.27. The minimum atomic E-state index is 0.332. The van der Waals surface area contributed by atoms with Crippen molar-refractivity contribution in [1.29, 1.82) is 0 Å². The molecule has 3 nitrogen and oxygen atoms in total. The fraction of sp³-hybridized carbons (Fsp3) is 0.529. The van der Waals surface area contributed by atoms with Gasteiger partial charge in [-0.05, 0) is 31.9 Å². The van der Waals surface area contributed by atoms with Crippen LogP contribution in [0, 0.1) is 5.92 Å². The van der Waals surface area contributed by atoms with E-state index in [-0.39, 0.29) is 0 Å². The Kier molecular flexibility index (Phi) is 4.38. The molecule has 2 aromatic rings. The summed E-state index contributed by atoms with van der Waals surface area (Å²) in [5.74, 6) is 0.538. The predicted molar refractivity (Wildman–Crippen MR) is 80.8 cm³/mol. The highest BCUT2D eigenvalue weighted by Crippen LogP contribution is 2.34. The minimum Gasteiger partial charge on any atom is -0.464 e. The number of para-hydroxylation sites is 1. The molecule has 1 aromatic heterocycles. The number of nitrogens with one attached hydrogen (secondary N) is 1. The standard InChI is InChI=1S/C17H23NO2/c1-2-9-18-17(13-6-5-10-19-11-13)15-12-20-16-8-4-3-7-14(15)16/h3-4,7-8,12-13,17-18H,2,5-6,9-11H2,1H3. The van der Waals surface area contributed by atoms with Crippen LogP contribution >= 0.6 is 0 Å². The van der Waals surface area contributed by atoms with Crippen LogP contribution in [-0.2, 0) is 4.74 Å². The van der Waals surface area contributed by atoms with E-state index >= 15 is 0 Å². The van der Waals surface area contributed by atoms with Gasteiger partial charge in [-0.15, -0.1) is 0 Å². The second kappa shape index (κ2) is 6.42. The van der Waals surface area contributed by atoms with Gasteiger partial charge in [-0.1, -0.05) is 25.1 Å². The Hall–Kier alpha value is -1.32. The van der Waals surface area contributed by atoms with Crippen molar-refractivity contribution in [2.24, 2.45) is 5.92 Å². The van der Waals surface area contributed by atoms with Gasteiger partial charge in [-0.3, -0.25) is 0 Å². The van der Waals surface area contributed by atoms with Crippen LogP contribution in [0.3, 0.4) is 0 Å². The van der Waals surface area contributed by atoms with Gasteiger partial charge < -0.3 is 14.5 Å². The van der Waals surface area contributed by atoms with Gasteiger partial charge in [0.1, 0.15) is 5.58 Å². The molecule has 0 spiro atoms. The topological polar surface area (TPSA) is 34.4 Å². The Morgan fingerprint density at radius 1 is 1.35 bits per heavy atom. The zero-order chi connectivity index (χ0) is 13.8. The number of benzene rings is 1. The van der Waals surface area contributed by atoms with Crippen LogP contribution in [0.5, 0.6) is 0 Å². The normalized spacial score (nSPS) is 21.1. The summed E-state index contributed by atoms with van der Waals surface area (Å²) in [6, 6.07) is 8.62. The smallest absolute Gasteiger partial charge is 0.134 e. The molecule has 1 aliphatic heterocycles. The first kappa shape index (κ1) is 13.7. The van der Waals surface area contributed by atoms with Gasteiger partial charge in [0.05, 0.1) is 12.9 Å². The molecule has 3 rings (SSSR count). The molecule has 2 atom stereocenters. The summed E-state index contributed by atoms with van der Waals surface area (Å²) in [4.78, 5) is 0. The maximum atomic E-state index is 5.72. The van der Waals surface area contributed by atoms with E-state index in [2.05, 4.69) is 24.4 Å². The lowest BCUT2D eigenvalue weighted by atomic mass is 9.88. The molecule has 1 N–H and O–H groups in total. The molecular weight excluding hydrogens is 250 g/mol. The lowest BCUT2D eigenvalue weighted by Gasteiger charge is -2.30. The van der Waals surface area contributed by atoms with Crippen molar-refractivity contribution < 1.29 is 9.15 Å². The number of fused-ring (bicyclic) bond motifs is 1. The zero-order valence-corrected chi connectivity index (χ0v) is 12.1. The third-order valence-electron chi connectivity index (χ3n) is 4.13. The van der Waals surface area contributed by atoms with Crippen LogP contribution in [0.15, 0.2) is 34.9 Å². The van der Waals surface area contributed by atoms with E-state index in [9.17, 15) is 0 Å². The number of ether oxygens (including phenoxy) is 1. The molecule has 20 heavy (non-hydrogen) atoms. The van der Waals surface area contributed by atoms with Gasteiger partial charge in [0.25, 0.3) is 0 Å². The fourth-order valence-corrected chi connectivity index (χ4v) is 3.10. The van der Waals surface area contributed by atoms with Gasteiger partial charge in [-0.25, -0.2) is 0 Å². The third kappa shape index (κ3) is 2.74. The van der Waals surface area contributed by atoms with E-state index in [1.807, 2.05) is 18.4 Å². The van der Waals surface area contributed by atoms with E-state index < -0.39 is 0 Å². The van der Waals surface area contributed by atoms with Crippen molar-refractivity contribution in [3.8, 4) is 0 Å². The van der Waals surface area contributed by atoms with Crippen molar-refractivity contribution in [1.82, 2.24) is 5.32 Å². The van der Waals surface area contributed by atoms with Crippen LogP contribution in [0.1, 0.15) is 37.8 Å². The second-order valence-corrected chi connectivity index (χ2v) is 5.60. The van der Waals surface area contributed by atoms with Crippen molar-refractivity contribution in [3.63, 3.8) is 0 Å². The lowest BCUT2D eigenvalue weighted by molar-refractivity contribution is 0.0391. The van der Waals surface area contributed by atoms with Crippen LogP contribution in [0.4, 0.5) is 0 Å². The molecule has 0 saturated carbocycles. The van der Waals surface area contributed by atoms with E-state index in [1.54, 1.807) is 0 Å². The van der Waals surface area contributed by atoms with Crippen LogP contribution in [0.2, 0.25) is 0 Å². The molecule has 0 radical (unpaired) electrons. The Labute approximate surface area is 120 Å². The lowest BCUT2D eigenvalue weighted by Crippen LogP contribution is -2.33. The van der Waals surface area contributed by atoms with Crippen molar-refractivity contribution >= 4 is 11.0 Å². The molecule has 2 heterocycles. The molecule has 3 heteroatoms. The van der Waals surface area contributed by atoms with Crippen LogP contribution < -0.4 is 5.32 Å². The molecule has 1 aromatic carbocycles. The van der Waals surface area contributed by atoms with E-state index in [4.69, 9.17) is 9.15 Å². The van der Waals surface area contributed by atoms with Crippen molar-refractivity contribution in [3.05, 3.63) is 36.1 Å². The van der Waals surface area contributed by atoms with Gasteiger partial charge in [-0.2, -0.15) is 0 Å². The number of hydrogen-bond acceptors (Lipinski definition) is 3. The summed E-state index contributed by atoms with van der Waals surface area (Å²) in [7, 11) is 0. The Bertz CT molecular complexity index is 543. The summed E-state index contributed by atoms with van der Waals surface area (Å²) < 4.78 is 11.4. The molecule has 0 bridgehead atoms. The molecule has 0 aliphatic carbocycles. The molecule has 1 saturated heterocycles. The molecule has 0 amide bonds. The number of hydrogen-bond donors (Lipinski definition) is 1. The first-order valence-electron chi connectivity index (χ1n) is 7.67. The number of furan rings is 1. The molecule has 1 fully saturated rings. The van der Waals surface area contributed by atoms with Crippen molar-refractivity contribution in [2.45, 2.75) is 32.2 Å². The van der Waals surface area contributed by atoms with E-state index in [0.717, 1.165) is 38.2 Å². The number of rotatable bonds is 5. The summed E-state index contributed by atoms with van der Waals surface area (Å²) in [6.07, 6.45) is 5.44. The van der Waals surface area contributed by atoms with Gasteiger partial charge >= 0.3 is 0 Å². The maximum Gasteiger partial charge on any atom is 0.134 e. The van der Waals surface area contributed by atoms with E-state index in [0.29, 0.717) is 12.0 Å². The molecule has 1 aliphatic rings. The quantitative estimate of drug-likeness (QED) is 0.897. The maximum absolute atomic E-state index is 5.72. The zero-order valence-electron chi connectivity index (χ0n) is 12.1. The Morgan fingerprint density at radius 2 is 2.25 bits per heavy atom.